The van der Waals surface area contributed by atoms with Gasteiger partial charge in [-0.25, -0.2) is 23.5 Å². The molecule has 0 aliphatic rings. The molecule has 30 heavy (non-hydrogen) atoms. The number of primary sulfonamides is 1. The van der Waals surface area contributed by atoms with Gasteiger partial charge in [-0.15, -0.1) is 0 Å². The number of aromatic nitrogens is 3. The zero-order valence-electron chi connectivity index (χ0n) is 17.3. The standard InChI is InChI=1S/C23H24N4O2S/c1-4-21-26-22-15(2)13-16(3)25-23(22)27(21)14-17-9-11-18(12-10-17)19-7-5-6-8-20(19)30(24,28)29/h5-13H,4,14H2,1-3H3,(H2,24,28,29). The van der Waals surface area contributed by atoms with E-state index in [0.29, 0.717) is 12.1 Å². The van der Waals surface area contributed by atoms with Gasteiger partial charge in [-0.1, -0.05) is 49.4 Å². The van der Waals surface area contributed by atoms with Gasteiger partial charge in [0.1, 0.15) is 11.3 Å². The first-order valence-corrected chi connectivity index (χ1v) is 11.4. The molecular weight excluding hydrogens is 396 g/mol. The van der Waals surface area contributed by atoms with Gasteiger partial charge in [-0.2, -0.15) is 0 Å². The fourth-order valence-electron chi connectivity index (χ4n) is 3.81. The van der Waals surface area contributed by atoms with Crippen LogP contribution in [0, 0.1) is 13.8 Å². The molecule has 2 aromatic heterocycles. The largest absolute Gasteiger partial charge is 0.308 e. The van der Waals surface area contributed by atoms with Gasteiger partial charge in [0, 0.05) is 17.7 Å². The second-order valence-electron chi connectivity index (χ2n) is 7.46. The van der Waals surface area contributed by atoms with Crippen molar-refractivity contribution in [3.63, 3.8) is 0 Å². The maximum Gasteiger partial charge on any atom is 0.238 e. The number of nitrogens with zero attached hydrogens (tertiary/aromatic N) is 3. The minimum Gasteiger partial charge on any atom is -0.308 e. The number of fused-ring (bicyclic) bond motifs is 1. The predicted molar refractivity (Wildman–Crippen MR) is 119 cm³/mol. The van der Waals surface area contributed by atoms with Crippen molar-refractivity contribution in [1.29, 1.82) is 0 Å². The summed E-state index contributed by atoms with van der Waals surface area (Å²) in [6.07, 6.45) is 0.814. The van der Waals surface area contributed by atoms with Crippen LogP contribution in [0.5, 0.6) is 0 Å². The van der Waals surface area contributed by atoms with Crippen molar-refractivity contribution in [2.24, 2.45) is 5.14 Å². The third-order valence-electron chi connectivity index (χ3n) is 5.22. The number of sulfonamides is 1. The molecule has 0 amide bonds. The highest BCUT2D eigenvalue weighted by Crippen LogP contribution is 2.27. The Kier molecular flexibility index (Phi) is 5.17. The number of hydrogen-bond acceptors (Lipinski definition) is 4. The molecule has 0 saturated heterocycles. The topological polar surface area (TPSA) is 90.9 Å². The minimum absolute atomic E-state index is 0.127. The molecule has 0 aliphatic heterocycles. The molecule has 0 bridgehead atoms. The Hall–Kier alpha value is -3.03. The first kappa shape index (κ1) is 20.3. The quantitative estimate of drug-likeness (QED) is 0.529. The van der Waals surface area contributed by atoms with Crippen LogP contribution in [0.25, 0.3) is 22.3 Å². The van der Waals surface area contributed by atoms with Crippen molar-refractivity contribution in [2.75, 3.05) is 0 Å². The van der Waals surface area contributed by atoms with Crippen LogP contribution in [0.2, 0.25) is 0 Å². The average Bonchev–Trinajstić information content (AvgIpc) is 3.06. The SMILES string of the molecule is CCc1nc2c(C)cc(C)nc2n1Cc1ccc(-c2ccccc2S(N)(=O)=O)cc1. The van der Waals surface area contributed by atoms with Gasteiger partial charge >= 0.3 is 0 Å². The molecule has 6 nitrogen and oxygen atoms in total. The van der Waals surface area contributed by atoms with Crippen LogP contribution in [0.1, 0.15) is 29.6 Å². The zero-order valence-corrected chi connectivity index (χ0v) is 18.1. The van der Waals surface area contributed by atoms with Gasteiger partial charge in [-0.05, 0) is 42.7 Å². The molecule has 0 aliphatic carbocycles. The van der Waals surface area contributed by atoms with Gasteiger partial charge in [0.25, 0.3) is 0 Å². The van der Waals surface area contributed by atoms with Crippen LogP contribution in [0.4, 0.5) is 0 Å². The first-order chi connectivity index (χ1) is 14.3. The van der Waals surface area contributed by atoms with E-state index in [1.165, 1.54) is 6.07 Å². The summed E-state index contributed by atoms with van der Waals surface area (Å²) >= 11 is 0. The Labute approximate surface area is 176 Å². The molecule has 0 atom stereocenters. The summed E-state index contributed by atoms with van der Waals surface area (Å²) in [5.74, 6) is 0.995. The summed E-state index contributed by atoms with van der Waals surface area (Å²) in [5, 5.41) is 5.38. The lowest BCUT2D eigenvalue weighted by atomic mass is 10.0. The van der Waals surface area contributed by atoms with Crippen LogP contribution >= 0.6 is 0 Å². The minimum atomic E-state index is -3.79. The third-order valence-corrected chi connectivity index (χ3v) is 6.19. The van der Waals surface area contributed by atoms with Crippen molar-refractivity contribution < 1.29 is 8.42 Å². The van der Waals surface area contributed by atoms with E-state index in [0.717, 1.165) is 45.8 Å². The van der Waals surface area contributed by atoms with Crippen LogP contribution in [-0.2, 0) is 23.0 Å². The number of pyridine rings is 1. The molecular formula is C23H24N4O2S. The first-order valence-electron chi connectivity index (χ1n) is 9.82. The Morgan fingerprint density at radius 2 is 1.70 bits per heavy atom. The molecule has 4 aromatic rings. The van der Waals surface area contributed by atoms with E-state index >= 15 is 0 Å². The fourth-order valence-corrected chi connectivity index (χ4v) is 4.57. The monoisotopic (exact) mass is 420 g/mol. The smallest absolute Gasteiger partial charge is 0.238 e. The third kappa shape index (κ3) is 3.74. The summed E-state index contributed by atoms with van der Waals surface area (Å²) in [7, 11) is -3.79. The average molecular weight is 421 g/mol. The molecule has 7 heteroatoms. The summed E-state index contributed by atoms with van der Waals surface area (Å²) in [4.78, 5) is 9.64. The summed E-state index contributed by atoms with van der Waals surface area (Å²) < 4.78 is 26.0. The van der Waals surface area contributed by atoms with Crippen LogP contribution in [0.15, 0.2) is 59.5 Å². The van der Waals surface area contributed by atoms with Crippen molar-refractivity contribution in [3.05, 3.63) is 77.2 Å². The molecule has 154 valence electrons. The van der Waals surface area contributed by atoms with Gasteiger partial charge in [0.15, 0.2) is 5.65 Å². The number of rotatable bonds is 5. The summed E-state index contributed by atoms with van der Waals surface area (Å²) in [5.41, 5.74) is 6.42. The Balaban J connectivity index is 1.73. The summed E-state index contributed by atoms with van der Waals surface area (Å²) in [6, 6.07) is 16.7. The maximum atomic E-state index is 11.9. The van der Waals surface area contributed by atoms with Gasteiger partial charge in [0.05, 0.1) is 11.4 Å². The molecule has 0 saturated carbocycles. The Morgan fingerprint density at radius 3 is 2.37 bits per heavy atom. The van der Waals surface area contributed by atoms with E-state index in [2.05, 4.69) is 24.5 Å². The number of aryl methyl sites for hydroxylation is 3. The number of benzene rings is 2. The lowest BCUT2D eigenvalue weighted by Crippen LogP contribution is -2.13. The number of hydrogen-bond donors (Lipinski definition) is 1. The van der Waals surface area contributed by atoms with E-state index in [4.69, 9.17) is 15.1 Å². The summed E-state index contributed by atoms with van der Waals surface area (Å²) in [6.45, 7) is 6.79. The van der Waals surface area contributed by atoms with Crippen molar-refractivity contribution >= 4 is 21.2 Å². The highest BCUT2D eigenvalue weighted by atomic mass is 32.2. The molecule has 2 aromatic carbocycles. The fraction of sp³-hybridized carbons (Fsp3) is 0.217. The molecule has 2 heterocycles. The Bertz CT molecular complexity index is 1340. The second-order valence-corrected chi connectivity index (χ2v) is 8.99. The normalized spacial score (nSPS) is 11.9. The predicted octanol–water partition coefficient (Wildman–Crippen LogP) is 3.97. The highest BCUT2D eigenvalue weighted by Gasteiger charge is 2.16. The lowest BCUT2D eigenvalue weighted by molar-refractivity contribution is 0.598. The Morgan fingerprint density at radius 1 is 1.00 bits per heavy atom. The highest BCUT2D eigenvalue weighted by molar-refractivity contribution is 7.89. The second kappa shape index (κ2) is 7.66. The molecule has 0 radical (unpaired) electrons. The molecule has 4 rings (SSSR count). The van der Waals surface area contributed by atoms with Crippen molar-refractivity contribution in [1.82, 2.24) is 14.5 Å². The van der Waals surface area contributed by atoms with Crippen molar-refractivity contribution in [3.8, 4) is 11.1 Å². The van der Waals surface area contributed by atoms with E-state index in [1.54, 1.807) is 18.2 Å². The van der Waals surface area contributed by atoms with Crippen LogP contribution in [0.3, 0.4) is 0 Å². The van der Waals surface area contributed by atoms with Gasteiger partial charge in [0.2, 0.25) is 10.0 Å². The zero-order chi connectivity index (χ0) is 21.5. The van der Waals surface area contributed by atoms with E-state index in [1.807, 2.05) is 31.2 Å². The van der Waals surface area contributed by atoms with Gasteiger partial charge < -0.3 is 4.57 Å². The van der Waals surface area contributed by atoms with E-state index in [9.17, 15) is 8.42 Å². The van der Waals surface area contributed by atoms with Crippen LogP contribution in [-0.4, -0.2) is 23.0 Å². The van der Waals surface area contributed by atoms with Crippen molar-refractivity contribution in [2.45, 2.75) is 38.6 Å². The molecule has 2 N–H and O–H groups in total. The molecule has 0 spiro atoms. The van der Waals surface area contributed by atoms with Gasteiger partial charge in [-0.3, -0.25) is 0 Å². The molecule has 0 unspecified atom stereocenters. The number of imidazole rings is 1. The number of nitrogens with two attached hydrogens (primary N) is 1. The van der Waals surface area contributed by atoms with E-state index < -0.39 is 10.0 Å². The van der Waals surface area contributed by atoms with E-state index in [-0.39, 0.29) is 4.90 Å². The molecule has 0 fully saturated rings. The van der Waals surface area contributed by atoms with Crippen LogP contribution < -0.4 is 5.14 Å². The maximum absolute atomic E-state index is 11.9. The lowest BCUT2D eigenvalue weighted by Gasteiger charge is -2.11.